The van der Waals surface area contributed by atoms with Crippen LogP contribution in [-0.2, 0) is 16.0 Å². The fourth-order valence-corrected chi connectivity index (χ4v) is 2.37. The Bertz CT molecular complexity index is 510. The van der Waals surface area contributed by atoms with Crippen LogP contribution in [-0.4, -0.2) is 12.6 Å². The maximum Gasteiger partial charge on any atom is 0.334 e. The summed E-state index contributed by atoms with van der Waals surface area (Å²) in [6, 6.07) is 4.23. The molecule has 1 aliphatic rings. The molecule has 1 aromatic carbocycles. The molecule has 0 fully saturated rings. The first-order valence-electron chi connectivity index (χ1n) is 6.02. The number of carbonyl (C=O) groups excluding carboxylic acids is 1. The van der Waals surface area contributed by atoms with Gasteiger partial charge in [0.05, 0.1) is 6.61 Å². The van der Waals surface area contributed by atoms with Crippen LogP contribution in [0.1, 0.15) is 36.1 Å². The van der Waals surface area contributed by atoms with Crippen LogP contribution in [0, 0.1) is 13.8 Å². The third kappa shape index (κ3) is 1.88. The molecule has 0 atom stereocenters. The van der Waals surface area contributed by atoms with E-state index in [-0.39, 0.29) is 5.97 Å². The molecule has 0 unspecified atom stereocenters. The van der Waals surface area contributed by atoms with Crippen LogP contribution in [0.25, 0.3) is 5.57 Å². The van der Waals surface area contributed by atoms with Crippen molar-refractivity contribution in [3.8, 4) is 0 Å². The van der Waals surface area contributed by atoms with E-state index in [2.05, 4.69) is 26.0 Å². The number of allylic oxidation sites excluding steroid dienone is 1. The second-order valence-electron chi connectivity index (χ2n) is 4.53. The summed E-state index contributed by atoms with van der Waals surface area (Å²) < 4.78 is 5.10. The molecule has 0 bridgehead atoms. The molecule has 2 nitrogen and oxygen atoms in total. The van der Waals surface area contributed by atoms with E-state index in [0.29, 0.717) is 13.0 Å². The van der Waals surface area contributed by atoms with Gasteiger partial charge in [-0.3, -0.25) is 0 Å². The summed E-state index contributed by atoms with van der Waals surface area (Å²) in [6.45, 7) is 8.50. The number of carbonyl (C=O) groups is 1. The van der Waals surface area contributed by atoms with Crippen LogP contribution in [0.2, 0.25) is 0 Å². The van der Waals surface area contributed by atoms with Crippen LogP contribution in [0.4, 0.5) is 0 Å². The third-order valence-corrected chi connectivity index (χ3v) is 3.60. The second-order valence-corrected chi connectivity index (χ2v) is 4.53. The van der Waals surface area contributed by atoms with Crippen molar-refractivity contribution in [2.45, 2.75) is 34.1 Å². The number of rotatable bonds is 2. The zero-order chi connectivity index (χ0) is 12.6. The molecule has 0 amide bonds. The maximum absolute atomic E-state index is 11.8. The van der Waals surface area contributed by atoms with Gasteiger partial charge in [0.15, 0.2) is 0 Å². The van der Waals surface area contributed by atoms with Gasteiger partial charge in [-0.1, -0.05) is 12.1 Å². The van der Waals surface area contributed by atoms with Gasteiger partial charge in [-0.05, 0) is 55.5 Å². The summed E-state index contributed by atoms with van der Waals surface area (Å²) in [4.78, 5) is 11.8. The molecule has 0 aromatic heterocycles. The topological polar surface area (TPSA) is 26.3 Å². The molecule has 1 aliphatic carbocycles. The highest BCUT2D eigenvalue weighted by Crippen LogP contribution is 2.35. The zero-order valence-corrected chi connectivity index (χ0v) is 10.9. The quantitative estimate of drug-likeness (QED) is 0.729. The predicted molar refractivity (Wildman–Crippen MR) is 68.8 cm³/mol. The van der Waals surface area contributed by atoms with Crippen LogP contribution in [0.5, 0.6) is 0 Å². The number of aryl methyl sites for hydroxylation is 1. The number of fused-ring (bicyclic) bond motifs is 1. The monoisotopic (exact) mass is 230 g/mol. The van der Waals surface area contributed by atoms with Crippen LogP contribution in [0.15, 0.2) is 17.7 Å². The molecular formula is C15H18O2. The molecule has 0 saturated carbocycles. The van der Waals surface area contributed by atoms with E-state index in [9.17, 15) is 4.79 Å². The van der Waals surface area contributed by atoms with Gasteiger partial charge in [0, 0.05) is 12.0 Å². The van der Waals surface area contributed by atoms with E-state index in [0.717, 1.165) is 11.1 Å². The lowest BCUT2D eigenvalue weighted by atomic mass is 9.97. The van der Waals surface area contributed by atoms with Gasteiger partial charge in [0.25, 0.3) is 0 Å². The molecule has 0 N–H and O–H groups in total. The normalized spacial score (nSPS) is 13.9. The van der Waals surface area contributed by atoms with Gasteiger partial charge in [0.2, 0.25) is 0 Å². The minimum absolute atomic E-state index is 0.168. The summed E-state index contributed by atoms with van der Waals surface area (Å²) in [5.74, 6) is -0.168. The Balaban J connectivity index is 2.42. The minimum Gasteiger partial charge on any atom is -0.463 e. The summed E-state index contributed by atoms with van der Waals surface area (Å²) in [7, 11) is 0. The molecule has 0 aliphatic heterocycles. The van der Waals surface area contributed by atoms with Gasteiger partial charge in [-0.15, -0.1) is 0 Å². The van der Waals surface area contributed by atoms with E-state index < -0.39 is 0 Å². The summed E-state index contributed by atoms with van der Waals surface area (Å²) in [5.41, 5.74) is 6.95. The molecule has 0 spiro atoms. The average Bonchev–Trinajstić information content (AvgIpc) is 2.63. The Kier molecular flexibility index (Phi) is 3.05. The molecular weight excluding hydrogens is 212 g/mol. The Morgan fingerprint density at radius 1 is 1.29 bits per heavy atom. The molecule has 90 valence electrons. The van der Waals surface area contributed by atoms with Crippen molar-refractivity contribution in [1.82, 2.24) is 0 Å². The second kappa shape index (κ2) is 4.36. The van der Waals surface area contributed by atoms with Gasteiger partial charge in [0.1, 0.15) is 0 Å². The van der Waals surface area contributed by atoms with Crippen molar-refractivity contribution in [2.24, 2.45) is 0 Å². The fourth-order valence-electron chi connectivity index (χ4n) is 2.37. The highest BCUT2D eigenvalue weighted by molar-refractivity contribution is 6.00. The molecule has 2 rings (SSSR count). The standard InChI is InChI=1S/C15H18O2/c1-5-17-15(16)14-8-13-10(3)9(2)6-7-12(13)11(14)4/h6-7H,5,8H2,1-4H3. The first kappa shape index (κ1) is 11.9. The largest absolute Gasteiger partial charge is 0.463 e. The predicted octanol–water partition coefficient (Wildman–Crippen LogP) is 3.20. The molecule has 2 heteroatoms. The molecule has 17 heavy (non-hydrogen) atoms. The lowest BCUT2D eigenvalue weighted by molar-refractivity contribution is -0.138. The Labute approximate surface area is 102 Å². The van der Waals surface area contributed by atoms with Crippen molar-refractivity contribution in [2.75, 3.05) is 6.61 Å². The fraction of sp³-hybridized carbons (Fsp3) is 0.400. The lowest BCUT2D eigenvalue weighted by Gasteiger charge is -2.07. The van der Waals surface area contributed by atoms with Crippen molar-refractivity contribution in [1.29, 1.82) is 0 Å². The number of hydrogen-bond donors (Lipinski definition) is 0. The lowest BCUT2D eigenvalue weighted by Crippen LogP contribution is -2.08. The zero-order valence-electron chi connectivity index (χ0n) is 10.9. The van der Waals surface area contributed by atoms with Crippen molar-refractivity contribution < 1.29 is 9.53 Å². The molecule has 0 saturated heterocycles. The first-order chi connectivity index (χ1) is 8.06. The first-order valence-corrected chi connectivity index (χ1v) is 6.02. The summed E-state index contributed by atoms with van der Waals surface area (Å²) in [6.07, 6.45) is 0.716. The van der Waals surface area contributed by atoms with Crippen LogP contribution >= 0.6 is 0 Å². The molecule has 0 heterocycles. The maximum atomic E-state index is 11.8. The Morgan fingerprint density at radius 2 is 2.00 bits per heavy atom. The Morgan fingerprint density at radius 3 is 2.65 bits per heavy atom. The number of hydrogen-bond acceptors (Lipinski definition) is 2. The summed E-state index contributed by atoms with van der Waals surface area (Å²) >= 11 is 0. The van der Waals surface area contributed by atoms with E-state index in [1.54, 1.807) is 0 Å². The minimum atomic E-state index is -0.168. The number of benzene rings is 1. The average molecular weight is 230 g/mol. The molecule has 1 aromatic rings. The van der Waals surface area contributed by atoms with Crippen molar-refractivity contribution in [3.63, 3.8) is 0 Å². The summed E-state index contributed by atoms with van der Waals surface area (Å²) in [5, 5.41) is 0. The van der Waals surface area contributed by atoms with Crippen LogP contribution < -0.4 is 0 Å². The Hall–Kier alpha value is -1.57. The molecule has 0 radical (unpaired) electrons. The van der Waals surface area contributed by atoms with Crippen molar-refractivity contribution >= 4 is 11.5 Å². The van der Waals surface area contributed by atoms with Gasteiger partial charge < -0.3 is 4.74 Å². The number of ether oxygens (including phenoxy) is 1. The highest BCUT2D eigenvalue weighted by atomic mass is 16.5. The van der Waals surface area contributed by atoms with E-state index in [1.807, 2.05) is 13.8 Å². The SMILES string of the molecule is CCOC(=O)C1=C(C)c2ccc(C)c(C)c2C1. The smallest absolute Gasteiger partial charge is 0.334 e. The van der Waals surface area contributed by atoms with Crippen LogP contribution in [0.3, 0.4) is 0 Å². The van der Waals surface area contributed by atoms with Gasteiger partial charge in [-0.25, -0.2) is 4.79 Å². The highest BCUT2D eigenvalue weighted by Gasteiger charge is 2.25. The third-order valence-electron chi connectivity index (χ3n) is 3.60. The van der Waals surface area contributed by atoms with E-state index in [4.69, 9.17) is 4.74 Å². The van der Waals surface area contributed by atoms with Crippen molar-refractivity contribution in [3.05, 3.63) is 40.0 Å². The van der Waals surface area contributed by atoms with Gasteiger partial charge in [-0.2, -0.15) is 0 Å². The van der Waals surface area contributed by atoms with E-state index >= 15 is 0 Å². The van der Waals surface area contributed by atoms with Gasteiger partial charge >= 0.3 is 5.97 Å². The van der Waals surface area contributed by atoms with E-state index in [1.165, 1.54) is 22.3 Å². The number of esters is 1.